The number of allylic oxidation sites excluding steroid dienone is 2. The van der Waals surface area contributed by atoms with Crippen molar-refractivity contribution in [2.75, 3.05) is 0 Å². The van der Waals surface area contributed by atoms with Crippen LogP contribution in [0.5, 0.6) is 0 Å². The Hall–Kier alpha value is -0.960. The van der Waals surface area contributed by atoms with E-state index >= 15 is 0 Å². The standard InChI is InChI=1S/C6H10.C2H2/c1-5(2)6(3)4;1-2/h1,3H2,2,4H3;1-2H. The third-order valence-corrected chi connectivity index (χ3v) is 0.729. The lowest BCUT2D eigenvalue weighted by atomic mass is 10.2. The average Bonchev–Trinajstić information content (AvgIpc) is 1.72. The minimum Gasteiger partial charge on any atom is -0.124 e. The summed E-state index contributed by atoms with van der Waals surface area (Å²) in [6.45, 7) is 11.2. The van der Waals surface area contributed by atoms with Gasteiger partial charge in [-0.3, -0.25) is 0 Å². The van der Waals surface area contributed by atoms with Crippen LogP contribution in [0.25, 0.3) is 0 Å². The number of hydrogen-bond acceptors (Lipinski definition) is 0. The highest BCUT2D eigenvalue weighted by molar-refractivity contribution is 5.19. The highest BCUT2D eigenvalue weighted by Crippen LogP contribution is 1.98. The summed E-state index contributed by atoms with van der Waals surface area (Å²) in [7, 11) is 0. The summed E-state index contributed by atoms with van der Waals surface area (Å²) in [6.07, 6.45) is 8.00. The summed E-state index contributed by atoms with van der Waals surface area (Å²) >= 11 is 0. The molecule has 0 aliphatic rings. The van der Waals surface area contributed by atoms with Crippen LogP contribution in [0, 0.1) is 12.8 Å². The molecule has 0 aliphatic heterocycles. The van der Waals surface area contributed by atoms with Gasteiger partial charge in [-0.2, -0.15) is 0 Å². The number of hydrogen-bond donors (Lipinski definition) is 0. The molecule has 0 nitrogen and oxygen atoms in total. The van der Waals surface area contributed by atoms with Crippen LogP contribution in [0.4, 0.5) is 0 Å². The van der Waals surface area contributed by atoms with Gasteiger partial charge < -0.3 is 0 Å². The van der Waals surface area contributed by atoms with Gasteiger partial charge in [-0.1, -0.05) is 24.3 Å². The summed E-state index contributed by atoms with van der Waals surface area (Å²) in [4.78, 5) is 0. The first kappa shape index (κ1) is 10.1. The van der Waals surface area contributed by atoms with Crippen molar-refractivity contribution in [3.63, 3.8) is 0 Å². The maximum atomic E-state index is 4.00. The molecular formula is C8H12. The molecule has 0 atom stereocenters. The normalized spacial score (nSPS) is 6.00. The molecule has 0 saturated heterocycles. The number of rotatable bonds is 1. The lowest BCUT2D eigenvalue weighted by molar-refractivity contribution is 1.39. The Morgan fingerprint density at radius 1 is 1.00 bits per heavy atom. The van der Waals surface area contributed by atoms with Crippen LogP contribution in [-0.2, 0) is 0 Å². The summed E-state index contributed by atoms with van der Waals surface area (Å²) in [5.41, 5.74) is 2.13. The topological polar surface area (TPSA) is 0 Å². The maximum Gasteiger partial charge on any atom is -0.0401 e. The molecule has 0 rings (SSSR count). The third-order valence-electron chi connectivity index (χ3n) is 0.729. The predicted octanol–water partition coefficient (Wildman–Crippen LogP) is 2.39. The molecule has 0 aromatic carbocycles. The molecule has 0 amide bonds. The smallest absolute Gasteiger partial charge is 0.0401 e. The molecule has 0 heterocycles. The fraction of sp³-hybridized carbons (Fsp3) is 0.250. The first-order valence-corrected chi connectivity index (χ1v) is 2.29. The molecule has 0 aromatic heterocycles. The van der Waals surface area contributed by atoms with Gasteiger partial charge in [0.2, 0.25) is 0 Å². The van der Waals surface area contributed by atoms with Crippen molar-refractivity contribution in [3.8, 4) is 12.8 Å². The zero-order valence-electron chi connectivity index (χ0n) is 5.57. The molecule has 0 bridgehead atoms. The van der Waals surface area contributed by atoms with Gasteiger partial charge >= 0.3 is 0 Å². The van der Waals surface area contributed by atoms with E-state index in [1.807, 2.05) is 13.8 Å². The fourth-order valence-corrected chi connectivity index (χ4v) is 0. The Balaban J connectivity index is 0. The Labute approximate surface area is 51.9 Å². The van der Waals surface area contributed by atoms with Gasteiger partial charge in [-0.15, -0.1) is 12.8 Å². The second kappa shape index (κ2) is 6.04. The molecule has 0 saturated carbocycles. The first-order valence-electron chi connectivity index (χ1n) is 2.29. The van der Waals surface area contributed by atoms with Gasteiger partial charge in [0.15, 0.2) is 0 Å². The van der Waals surface area contributed by atoms with Crippen LogP contribution in [0.2, 0.25) is 0 Å². The van der Waals surface area contributed by atoms with E-state index in [0.717, 1.165) is 11.1 Å². The zero-order chi connectivity index (χ0) is 7.15. The largest absolute Gasteiger partial charge is 0.124 e. The van der Waals surface area contributed by atoms with E-state index in [1.54, 1.807) is 0 Å². The van der Waals surface area contributed by atoms with Gasteiger partial charge in [-0.25, -0.2) is 0 Å². The monoisotopic (exact) mass is 108 g/mol. The van der Waals surface area contributed by atoms with Crippen LogP contribution in [0.1, 0.15) is 13.8 Å². The van der Waals surface area contributed by atoms with Crippen LogP contribution < -0.4 is 0 Å². The molecule has 0 unspecified atom stereocenters. The Morgan fingerprint density at radius 2 is 1.12 bits per heavy atom. The minimum atomic E-state index is 1.06. The van der Waals surface area contributed by atoms with E-state index in [1.165, 1.54) is 0 Å². The Kier molecular flexibility index (Phi) is 7.63. The lowest BCUT2D eigenvalue weighted by Crippen LogP contribution is -1.67. The van der Waals surface area contributed by atoms with E-state index in [9.17, 15) is 0 Å². The van der Waals surface area contributed by atoms with Crippen molar-refractivity contribution < 1.29 is 0 Å². The lowest BCUT2D eigenvalue weighted by Gasteiger charge is -1.88. The first-order chi connectivity index (χ1) is 3.64. The van der Waals surface area contributed by atoms with Crippen molar-refractivity contribution in [2.24, 2.45) is 0 Å². The molecule has 0 fully saturated rings. The predicted molar refractivity (Wildman–Crippen MR) is 39.5 cm³/mol. The van der Waals surface area contributed by atoms with E-state index < -0.39 is 0 Å². The van der Waals surface area contributed by atoms with Crippen LogP contribution >= 0.6 is 0 Å². The van der Waals surface area contributed by atoms with E-state index in [4.69, 9.17) is 0 Å². The van der Waals surface area contributed by atoms with Crippen molar-refractivity contribution in [1.29, 1.82) is 0 Å². The molecule has 0 heteroatoms. The summed E-state index contributed by atoms with van der Waals surface area (Å²) in [5, 5.41) is 0. The fourth-order valence-electron chi connectivity index (χ4n) is 0. The van der Waals surface area contributed by atoms with Crippen LogP contribution in [0.15, 0.2) is 24.3 Å². The summed E-state index contributed by atoms with van der Waals surface area (Å²) in [5.74, 6) is 0. The molecule has 0 N–H and O–H groups in total. The van der Waals surface area contributed by atoms with Gasteiger partial charge in [0, 0.05) is 0 Å². The van der Waals surface area contributed by atoms with Crippen molar-refractivity contribution >= 4 is 0 Å². The quantitative estimate of drug-likeness (QED) is 0.357. The van der Waals surface area contributed by atoms with Crippen molar-refractivity contribution in [2.45, 2.75) is 13.8 Å². The Morgan fingerprint density at radius 3 is 1.12 bits per heavy atom. The highest BCUT2D eigenvalue weighted by Gasteiger charge is 1.77. The second-order valence-electron chi connectivity index (χ2n) is 1.56. The summed E-state index contributed by atoms with van der Waals surface area (Å²) < 4.78 is 0. The second-order valence-corrected chi connectivity index (χ2v) is 1.56. The van der Waals surface area contributed by atoms with Crippen molar-refractivity contribution in [3.05, 3.63) is 24.3 Å². The molecule has 0 aromatic rings. The molecule has 0 radical (unpaired) electrons. The van der Waals surface area contributed by atoms with Gasteiger partial charge in [-0.05, 0) is 13.8 Å². The Bertz CT molecular complexity index is 92.5. The number of terminal acetylenes is 1. The molecule has 0 aliphatic carbocycles. The zero-order valence-corrected chi connectivity index (χ0v) is 5.57. The van der Waals surface area contributed by atoms with Gasteiger partial charge in [0.1, 0.15) is 0 Å². The average molecular weight is 108 g/mol. The van der Waals surface area contributed by atoms with Crippen LogP contribution in [-0.4, -0.2) is 0 Å². The van der Waals surface area contributed by atoms with E-state index in [0.29, 0.717) is 0 Å². The van der Waals surface area contributed by atoms with Gasteiger partial charge in [0.25, 0.3) is 0 Å². The van der Waals surface area contributed by atoms with E-state index in [2.05, 4.69) is 26.0 Å². The van der Waals surface area contributed by atoms with E-state index in [-0.39, 0.29) is 0 Å². The van der Waals surface area contributed by atoms with Crippen LogP contribution in [0.3, 0.4) is 0 Å². The minimum absolute atomic E-state index is 1.06. The molecule has 0 spiro atoms. The maximum absolute atomic E-state index is 4.00. The SMILES string of the molecule is C#C.C=C(C)C(=C)C. The molecule has 8 heavy (non-hydrogen) atoms. The van der Waals surface area contributed by atoms with Crippen molar-refractivity contribution in [1.82, 2.24) is 0 Å². The third kappa shape index (κ3) is 8.90. The highest BCUT2D eigenvalue weighted by atomic mass is 13.8. The van der Waals surface area contributed by atoms with Gasteiger partial charge in [0.05, 0.1) is 0 Å². The summed E-state index contributed by atoms with van der Waals surface area (Å²) in [6, 6.07) is 0. The molecular weight excluding hydrogens is 96.1 g/mol. The molecule has 44 valence electrons.